The summed E-state index contributed by atoms with van der Waals surface area (Å²) in [4.78, 5) is 0. The Balaban J connectivity index is 2.35. The smallest absolute Gasteiger partial charge is 0.0243 e. The molecule has 0 radical (unpaired) electrons. The zero-order valence-corrected chi connectivity index (χ0v) is 11.4. The van der Waals surface area contributed by atoms with Gasteiger partial charge in [0.1, 0.15) is 0 Å². The number of nitrogens with two attached hydrogens (primary N) is 1. The topological polar surface area (TPSA) is 38.0 Å². The molecule has 2 nitrogen and oxygen atoms in total. The average Bonchev–Trinajstić information content (AvgIpc) is 2.59. The molecule has 2 atom stereocenters. The molecular formula is C14H30N2. The Morgan fingerprint density at radius 1 is 1.31 bits per heavy atom. The van der Waals surface area contributed by atoms with Crippen LogP contribution in [0, 0.1) is 11.3 Å². The van der Waals surface area contributed by atoms with Gasteiger partial charge in [-0.2, -0.15) is 0 Å². The molecule has 0 aromatic heterocycles. The highest BCUT2D eigenvalue weighted by Gasteiger charge is 2.38. The lowest BCUT2D eigenvalue weighted by molar-refractivity contribution is 0.187. The highest BCUT2D eigenvalue weighted by Crippen LogP contribution is 2.45. The zero-order chi connectivity index (χ0) is 12.0. The summed E-state index contributed by atoms with van der Waals surface area (Å²) in [5, 5.41) is 0. The van der Waals surface area contributed by atoms with E-state index < -0.39 is 0 Å². The van der Waals surface area contributed by atoms with E-state index in [1.165, 1.54) is 51.4 Å². The second kappa shape index (κ2) is 6.61. The largest absolute Gasteiger partial charge is 0.271 e. The van der Waals surface area contributed by atoms with E-state index in [1.807, 2.05) is 0 Å². The van der Waals surface area contributed by atoms with Crippen LogP contribution in [0.1, 0.15) is 72.1 Å². The minimum absolute atomic E-state index is 0.488. The molecule has 0 aromatic carbocycles. The number of unbranched alkanes of at least 4 members (excludes halogenated alkanes) is 3. The number of hydrazine groups is 1. The summed E-state index contributed by atoms with van der Waals surface area (Å²) in [6.45, 7) is 7.07. The van der Waals surface area contributed by atoms with Crippen LogP contribution >= 0.6 is 0 Å². The third-order valence-electron chi connectivity index (χ3n) is 4.41. The molecule has 0 bridgehead atoms. The molecule has 2 heteroatoms. The summed E-state index contributed by atoms with van der Waals surface area (Å²) in [6.07, 6.45) is 10.7. The normalized spacial score (nSPS) is 25.9. The molecule has 0 heterocycles. The molecule has 1 rings (SSSR count). The van der Waals surface area contributed by atoms with E-state index >= 15 is 0 Å². The Hall–Kier alpha value is -0.0800. The summed E-state index contributed by atoms with van der Waals surface area (Å²) in [6, 6.07) is 0.536. The average molecular weight is 226 g/mol. The summed E-state index contributed by atoms with van der Waals surface area (Å²) < 4.78 is 0. The SMILES string of the molecule is CCCCCCC(NN)C1CCCC1(C)C. The van der Waals surface area contributed by atoms with Crippen LogP contribution < -0.4 is 11.3 Å². The first-order valence-electron chi connectivity index (χ1n) is 7.08. The quantitative estimate of drug-likeness (QED) is 0.395. The fourth-order valence-electron chi connectivity index (χ4n) is 3.29. The van der Waals surface area contributed by atoms with Crippen LogP contribution in [0.4, 0.5) is 0 Å². The highest BCUT2D eigenvalue weighted by atomic mass is 15.2. The standard InChI is InChI=1S/C14H30N2/c1-4-5-6-7-10-13(16-15)12-9-8-11-14(12,2)3/h12-13,16H,4-11,15H2,1-3H3. The van der Waals surface area contributed by atoms with Gasteiger partial charge in [-0.3, -0.25) is 11.3 Å². The first-order chi connectivity index (χ1) is 7.61. The van der Waals surface area contributed by atoms with Crippen molar-refractivity contribution < 1.29 is 0 Å². The lowest BCUT2D eigenvalue weighted by Crippen LogP contribution is -2.44. The van der Waals surface area contributed by atoms with Crippen molar-refractivity contribution in [3.63, 3.8) is 0 Å². The van der Waals surface area contributed by atoms with E-state index in [0.29, 0.717) is 11.5 Å². The first-order valence-corrected chi connectivity index (χ1v) is 7.08. The van der Waals surface area contributed by atoms with Crippen molar-refractivity contribution in [3.8, 4) is 0 Å². The Morgan fingerprint density at radius 2 is 2.06 bits per heavy atom. The van der Waals surface area contributed by atoms with Crippen molar-refractivity contribution in [1.29, 1.82) is 0 Å². The lowest BCUT2D eigenvalue weighted by atomic mass is 9.76. The van der Waals surface area contributed by atoms with Gasteiger partial charge in [-0.05, 0) is 30.6 Å². The molecule has 0 aromatic rings. The number of hydrogen-bond donors (Lipinski definition) is 2. The molecule has 1 aliphatic rings. The number of rotatable bonds is 7. The van der Waals surface area contributed by atoms with Crippen LogP contribution in [0.2, 0.25) is 0 Å². The lowest BCUT2D eigenvalue weighted by Gasteiger charge is -2.34. The van der Waals surface area contributed by atoms with E-state index in [0.717, 1.165) is 5.92 Å². The van der Waals surface area contributed by atoms with Crippen LogP contribution in [-0.4, -0.2) is 6.04 Å². The van der Waals surface area contributed by atoms with Gasteiger partial charge >= 0.3 is 0 Å². The van der Waals surface area contributed by atoms with Crippen molar-refractivity contribution in [2.24, 2.45) is 17.2 Å². The van der Waals surface area contributed by atoms with Crippen molar-refractivity contribution in [3.05, 3.63) is 0 Å². The van der Waals surface area contributed by atoms with Crippen LogP contribution in [0.5, 0.6) is 0 Å². The molecule has 16 heavy (non-hydrogen) atoms. The maximum atomic E-state index is 5.74. The molecule has 0 aliphatic heterocycles. The number of hydrogen-bond acceptors (Lipinski definition) is 2. The van der Waals surface area contributed by atoms with Crippen LogP contribution in [0.25, 0.3) is 0 Å². The van der Waals surface area contributed by atoms with E-state index in [4.69, 9.17) is 5.84 Å². The fraction of sp³-hybridized carbons (Fsp3) is 1.00. The third-order valence-corrected chi connectivity index (χ3v) is 4.41. The molecule has 2 unspecified atom stereocenters. The molecule has 1 fully saturated rings. The van der Waals surface area contributed by atoms with Crippen molar-refractivity contribution >= 4 is 0 Å². The fourth-order valence-corrected chi connectivity index (χ4v) is 3.29. The zero-order valence-electron chi connectivity index (χ0n) is 11.4. The van der Waals surface area contributed by atoms with Crippen LogP contribution in [0.3, 0.4) is 0 Å². The monoisotopic (exact) mass is 226 g/mol. The maximum Gasteiger partial charge on any atom is 0.0243 e. The van der Waals surface area contributed by atoms with Crippen molar-refractivity contribution in [1.82, 2.24) is 5.43 Å². The Labute approximate surface area is 101 Å². The molecule has 0 amide bonds. The van der Waals surface area contributed by atoms with E-state index in [2.05, 4.69) is 26.2 Å². The summed E-state index contributed by atoms with van der Waals surface area (Å²) in [5.41, 5.74) is 3.56. The summed E-state index contributed by atoms with van der Waals surface area (Å²) >= 11 is 0. The second-order valence-electron chi connectivity index (χ2n) is 6.11. The van der Waals surface area contributed by atoms with Gasteiger partial charge in [0.15, 0.2) is 0 Å². The molecule has 96 valence electrons. The van der Waals surface area contributed by atoms with Gasteiger partial charge in [-0.25, -0.2) is 0 Å². The number of nitrogens with one attached hydrogen (secondary N) is 1. The van der Waals surface area contributed by atoms with E-state index in [9.17, 15) is 0 Å². The van der Waals surface area contributed by atoms with Gasteiger partial charge in [0.05, 0.1) is 0 Å². The predicted octanol–water partition coefficient (Wildman–Crippen LogP) is 3.62. The van der Waals surface area contributed by atoms with Crippen molar-refractivity contribution in [2.45, 2.75) is 78.2 Å². The minimum Gasteiger partial charge on any atom is -0.271 e. The Morgan fingerprint density at radius 3 is 2.56 bits per heavy atom. The van der Waals surface area contributed by atoms with Gasteiger partial charge < -0.3 is 0 Å². The molecule has 3 N–H and O–H groups in total. The summed E-state index contributed by atoms with van der Waals surface area (Å²) in [5.74, 6) is 6.52. The Kier molecular flexibility index (Phi) is 5.77. The second-order valence-corrected chi connectivity index (χ2v) is 6.11. The Bertz CT molecular complexity index is 189. The van der Waals surface area contributed by atoms with E-state index in [-0.39, 0.29) is 0 Å². The van der Waals surface area contributed by atoms with Gasteiger partial charge in [0.25, 0.3) is 0 Å². The first kappa shape index (κ1) is 14.0. The molecule has 0 spiro atoms. The minimum atomic E-state index is 0.488. The van der Waals surface area contributed by atoms with Crippen molar-refractivity contribution in [2.75, 3.05) is 0 Å². The maximum absolute atomic E-state index is 5.74. The summed E-state index contributed by atoms with van der Waals surface area (Å²) in [7, 11) is 0. The van der Waals surface area contributed by atoms with Gasteiger partial charge in [-0.1, -0.05) is 52.9 Å². The van der Waals surface area contributed by atoms with E-state index in [1.54, 1.807) is 0 Å². The molecule has 1 saturated carbocycles. The highest BCUT2D eigenvalue weighted by molar-refractivity contribution is 4.91. The molecule has 1 aliphatic carbocycles. The molecule has 0 saturated heterocycles. The predicted molar refractivity (Wildman–Crippen MR) is 71.0 cm³/mol. The van der Waals surface area contributed by atoms with Crippen LogP contribution in [0.15, 0.2) is 0 Å². The third kappa shape index (κ3) is 3.74. The van der Waals surface area contributed by atoms with Crippen LogP contribution in [-0.2, 0) is 0 Å². The van der Waals surface area contributed by atoms with Gasteiger partial charge in [-0.15, -0.1) is 0 Å². The molecular weight excluding hydrogens is 196 g/mol. The van der Waals surface area contributed by atoms with Gasteiger partial charge in [0, 0.05) is 6.04 Å². The van der Waals surface area contributed by atoms with Gasteiger partial charge in [0.2, 0.25) is 0 Å².